The fourth-order valence-electron chi connectivity index (χ4n) is 3.08. The van der Waals surface area contributed by atoms with Crippen LogP contribution < -0.4 is 0 Å². The van der Waals surface area contributed by atoms with Crippen LogP contribution in [0.15, 0.2) is 35.7 Å². The first kappa shape index (κ1) is 17.1. The summed E-state index contributed by atoms with van der Waals surface area (Å²) in [6, 6.07) is 10.1. The Morgan fingerprint density at radius 1 is 1.38 bits per heavy atom. The van der Waals surface area contributed by atoms with Gasteiger partial charge in [-0.2, -0.15) is 0 Å². The molecule has 1 unspecified atom stereocenters. The summed E-state index contributed by atoms with van der Waals surface area (Å²) in [5.41, 5.74) is 1.98. The smallest absolute Gasteiger partial charge is 0.228 e. The van der Waals surface area contributed by atoms with E-state index in [4.69, 9.17) is 4.74 Å². The highest BCUT2D eigenvalue weighted by atomic mass is 32.1. The highest BCUT2D eigenvalue weighted by Crippen LogP contribution is 2.24. The first-order valence-corrected chi connectivity index (χ1v) is 9.49. The molecule has 2 heterocycles. The van der Waals surface area contributed by atoms with E-state index in [-0.39, 0.29) is 5.91 Å². The van der Waals surface area contributed by atoms with E-state index in [2.05, 4.69) is 4.98 Å². The topological polar surface area (TPSA) is 42.4 Å². The van der Waals surface area contributed by atoms with Crippen LogP contribution in [0.5, 0.6) is 0 Å². The first-order chi connectivity index (χ1) is 11.8. The minimum absolute atomic E-state index is 0.182. The van der Waals surface area contributed by atoms with Crippen LogP contribution in [-0.2, 0) is 16.0 Å². The number of piperidine rings is 1. The highest BCUT2D eigenvalue weighted by Gasteiger charge is 2.24. The Hall–Kier alpha value is -1.72. The molecule has 1 aromatic heterocycles. The minimum atomic E-state index is 0.182. The van der Waals surface area contributed by atoms with Crippen LogP contribution in [0.25, 0.3) is 10.6 Å². The lowest BCUT2D eigenvalue weighted by molar-refractivity contribution is -0.132. The van der Waals surface area contributed by atoms with Gasteiger partial charge in [-0.05, 0) is 25.7 Å². The summed E-state index contributed by atoms with van der Waals surface area (Å²) in [6.45, 7) is 5.19. The van der Waals surface area contributed by atoms with Crippen molar-refractivity contribution in [3.63, 3.8) is 0 Å². The van der Waals surface area contributed by atoms with Crippen LogP contribution in [0.3, 0.4) is 0 Å². The second-order valence-corrected chi connectivity index (χ2v) is 7.05. The molecule has 1 atom stereocenters. The summed E-state index contributed by atoms with van der Waals surface area (Å²) >= 11 is 1.60. The zero-order chi connectivity index (χ0) is 16.8. The number of carbonyl (C=O) groups is 1. The third kappa shape index (κ3) is 4.42. The highest BCUT2D eigenvalue weighted by molar-refractivity contribution is 7.13. The van der Waals surface area contributed by atoms with Crippen molar-refractivity contribution in [3.8, 4) is 10.6 Å². The lowest BCUT2D eigenvalue weighted by Gasteiger charge is -2.32. The van der Waals surface area contributed by atoms with Crippen LogP contribution in [-0.4, -0.2) is 42.1 Å². The lowest BCUT2D eigenvalue weighted by atomic mass is 9.98. The van der Waals surface area contributed by atoms with Gasteiger partial charge in [0.15, 0.2) is 0 Å². The Labute approximate surface area is 147 Å². The molecule has 2 aromatic rings. The Balaban J connectivity index is 1.58. The quantitative estimate of drug-likeness (QED) is 0.804. The van der Waals surface area contributed by atoms with Gasteiger partial charge in [0, 0.05) is 30.6 Å². The largest absolute Gasteiger partial charge is 0.381 e. The van der Waals surface area contributed by atoms with Crippen molar-refractivity contribution in [3.05, 3.63) is 41.4 Å². The van der Waals surface area contributed by atoms with Crippen LogP contribution in [0.4, 0.5) is 0 Å². The molecule has 1 fully saturated rings. The zero-order valence-electron chi connectivity index (χ0n) is 14.1. The maximum atomic E-state index is 12.6. The molecular weight excluding hydrogens is 320 g/mol. The number of nitrogens with zero attached hydrogens (tertiary/aromatic N) is 2. The zero-order valence-corrected chi connectivity index (χ0v) is 14.9. The van der Waals surface area contributed by atoms with Crippen molar-refractivity contribution in [1.29, 1.82) is 0 Å². The molecule has 1 amide bonds. The van der Waals surface area contributed by atoms with Crippen LogP contribution in [0.1, 0.15) is 25.5 Å². The van der Waals surface area contributed by atoms with E-state index in [0.29, 0.717) is 12.3 Å². The van der Waals surface area contributed by atoms with E-state index in [0.717, 1.165) is 55.4 Å². The Bertz CT molecular complexity index is 656. The van der Waals surface area contributed by atoms with Gasteiger partial charge in [-0.25, -0.2) is 4.98 Å². The van der Waals surface area contributed by atoms with Gasteiger partial charge in [0.05, 0.1) is 18.7 Å². The molecule has 1 saturated heterocycles. The van der Waals surface area contributed by atoms with Crippen molar-refractivity contribution in [2.45, 2.75) is 26.2 Å². The molecule has 1 aliphatic rings. The van der Waals surface area contributed by atoms with E-state index in [9.17, 15) is 4.79 Å². The molecular formula is C19H24N2O2S. The normalized spacial score (nSPS) is 17.9. The van der Waals surface area contributed by atoms with Crippen molar-refractivity contribution in [2.75, 3.05) is 26.3 Å². The molecule has 24 heavy (non-hydrogen) atoms. The average Bonchev–Trinajstić information content (AvgIpc) is 3.09. The number of hydrogen-bond donors (Lipinski definition) is 0. The minimum Gasteiger partial charge on any atom is -0.381 e. The van der Waals surface area contributed by atoms with Gasteiger partial charge < -0.3 is 9.64 Å². The first-order valence-electron chi connectivity index (χ1n) is 8.61. The molecule has 1 aromatic carbocycles. The molecule has 0 N–H and O–H groups in total. The fraction of sp³-hybridized carbons (Fsp3) is 0.474. The average molecular weight is 344 g/mol. The molecule has 4 nitrogen and oxygen atoms in total. The Morgan fingerprint density at radius 2 is 2.21 bits per heavy atom. The van der Waals surface area contributed by atoms with Crippen molar-refractivity contribution in [1.82, 2.24) is 9.88 Å². The summed E-state index contributed by atoms with van der Waals surface area (Å²) in [5.74, 6) is 0.652. The van der Waals surface area contributed by atoms with E-state index in [1.807, 2.05) is 47.5 Å². The van der Waals surface area contributed by atoms with Gasteiger partial charge in [-0.15, -0.1) is 11.3 Å². The van der Waals surface area contributed by atoms with Crippen LogP contribution in [0, 0.1) is 5.92 Å². The summed E-state index contributed by atoms with van der Waals surface area (Å²) in [7, 11) is 0. The SMILES string of the molecule is CCOCC1CCCN(C(=O)Cc2csc(-c3ccccc3)n2)C1. The number of hydrogen-bond acceptors (Lipinski definition) is 4. The van der Waals surface area contributed by atoms with Crippen LogP contribution in [0.2, 0.25) is 0 Å². The summed E-state index contributed by atoms with van der Waals surface area (Å²) in [6.07, 6.45) is 2.61. The molecule has 5 heteroatoms. The van der Waals surface area contributed by atoms with Gasteiger partial charge >= 0.3 is 0 Å². The second-order valence-electron chi connectivity index (χ2n) is 6.19. The van der Waals surface area contributed by atoms with Gasteiger partial charge in [0.1, 0.15) is 5.01 Å². The van der Waals surface area contributed by atoms with E-state index in [1.54, 1.807) is 11.3 Å². The third-order valence-corrected chi connectivity index (χ3v) is 5.27. The van der Waals surface area contributed by atoms with E-state index >= 15 is 0 Å². The van der Waals surface area contributed by atoms with Gasteiger partial charge in [0.25, 0.3) is 0 Å². The fourth-order valence-corrected chi connectivity index (χ4v) is 3.91. The Morgan fingerprint density at radius 3 is 3.00 bits per heavy atom. The number of ether oxygens (including phenoxy) is 1. The Kier molecular flexibility index (Phi) is 5.99. The number of rotatable bonds is 6. The number of amides is 1. The summed E-state index contributed by atoms with van der Waals surface area (Å²) < 4.78 is 5.52. The van der Waals surface area contributed by atoms with Crippen LogP contribution >= 0.6 is 11.3 Å². The van der Waals surface area contributed by atoms with Gasteiger partial charge in [-0.1, -0.05) is 30.3 Å². The molecule has 128 valence electrons. The second kappa shape index (κ2) is 8.40. The molecule has 0 aliphatic carbocycles. The summed E-state index contributed by atoms with van der Waals surface area (Å²) in [4.78, 5) is 19.2. The monoisotopic (exact) mass is 344 g/mol. The van der Waals surface area contributed by atoms with Crippen molar-refractivity contribution >= 4 is 17.2 Å². The lowest BCUT2D eigenvalue weighted by Crippen LogP contribution is -2.42. The maximum Gasteiger partial charge on any atom is 0.228 e. The van der Waals surface area contributed by atoms with Gasteiger partial charge in [0.2, 0.25) is 5.91 Å². The summed E-state index contributed by atoms with van der Waals surface area (Å²) in [5, 5.41) is 2.98. The van der Waals surface area contributed by atoms with E-state index < -0.39 is 0 Å². The number of likely N-dealkylation sites (tertiary alicyclic amines) is 1. The molecule has 0 bridgehead atoms. The number of thiazole rings is 1. The molecule has 0 spiro atoms. The predicted molar refractivity (Wildman–Crippen MR) is 97.1 cm³/mol. The predicted octanol–water partition coefficient (Wildman–Crippen LogP) is 3.63. The molecule has 3 rings (SSSR count). The van der Waals surface area contributed by atoms with Crippen molar-refractivity contribution in [2.24, 2.45) is 5.92 Å². The number of aromatic nitrogens is 1. The van der Waals surface area contributed by atoms with Crippen molar-refractivity contribution < 1.29 is 9.53 Å². The number of carbonyl (C=O) groups excluding carboxylic acids is 1. The molecule has 0 radical (unpaired) electrons. The standard InChI is InChI=1S/C19H24N2O2S/c1-2-23-13-15-7-6-10-21(12-15)18(22)11-17-14-24-19(20-17)16-8-4-3-5-9-16/h3-5,8-9,14-15H,2,6-7,10-13H2,1H3. The third-order valence-electron chi connectivity index (χ3n) is 4.33. The number of benzene rings is 1. The molecule has 1 aliphatic heterocycles. The van der Waals surface area contributed by atoms with E-state index in [1.165, 1.54) is 0 Å². The molecule has 0 saturated carbocycles. The van der Waals surface area contributed by atoms with Gasteiger partial charge in [-0.3, -0.25) is 4.79 Å². The maximum absolute atomic E-state index is 12.6.